The molecule has 0 atom stereocenters. The van der Waals surface area contributed by atoms with Crippen LogP contribution >= 0.6 is 0 Å². The van der Waals surface area contributed by atoms with E-state index in [4.69, 9.17) is 4.74 Å². The Bertz CT molecular complexity index is 477. The molecule has 0 bridgehead atoms. The van der Waals surface area contributed by atoms with Gasteiger partial charge in [-0.15, -0.1) is 0 Å². The third-order valence-electron chi connectivity index (χ3n) is 3.63. The van der Waals surface area contributed by atoms with E-state index in [-0.39, 0.29) is 6.10 Å². The second-order valence-corrected chi connectivity index (χ2v) is 5.75. The number of rotatable bonds is 5. The van der Waals surface area contributed by atoms with Gasteiger partial charge in [-0.3, -0.25) is 4.79 Å². The lowest BCUT2D eigenvalue weighted by atomic mass is 10.2. The molecule has 0 spiro atoms. The Balaban J connectivity index is 2.21. The number of nitrogens with zero attached hydrogens (tertiary/aromatic N) is 2. The Morgan fingerprint density at radius 3 is 2.76 bits per heavy atom. The molecule has 1 aromatic rings. The second kappa shape index (κ2) is 7.31. The van der Waals surface area contributed by atoms with Crippen LogP contribution in [0.5, 0.6) is 5.75 Å². The van der Waals surface area contributed by atoms with Crippen molar-refractivity contribution >= 4 is 17.8 Å². The maximum Gasteiger partial charge on any atom is 0.211 e. The van der Waals surface area contributed by atoms with Crippen molar-refractivity contribution in [3.05, 3.63) is 18.2 Å². The first-order valence-corrected chi connectivity index (χ1v) is 7.54. The van der Waals surface area contributed by atoms with Crippen molar-refractivity contribution in [3.63, 3.8) is 0 Å². The van der Waals surface area contributed by atoms with Crippen LogP contribution in [0.15, 0.2) is 18.2 Å². The highest BCUT2D eigenvalue weighted by molar-refractivity contribution is 5.77. The number of ether oxygens (including phenoxy) is 1. The lowest BCUT2D eigenvalue weighted by Crippen LogP contribution is -2.28. The second-order valence-electron chi connectivity index (χ2n) is 5.75. The molecule has 1 heterocycles. The first-order chi connectivity index (χ1) is 10.1. The molecule has 0 radical (unpaired) electrons. The van der Waals surface area contributed by atoms with Crippen molar-refractivity contribution in [1.82, 2.24) is 4.90 Å². The van der Waals surface area contributed by atoms with Crippen LogP contribution in [0.4, 0.5) is 11.4 Å². The summed E-state index contributed by atoms with van der Waals surface area (Å²) in [5, 5.41) is 2.70. The Morgan fingerprint density at radius 1 is 1.24 bits per heavy atom. The van der Waals surface area contributed by atoms with Gasteiger partial charge in [0.05, 0.1) is 11.8 Å². The summed E-state index contributed by atoms with van der Waals surface area (Å²) in [6.45, 7) is 8.23. The summed E-state index contributed by atoms with van der Waals surface area (Å²) in [5.74, 6) is 0.729. The van der Waals surface area contributed by atoms with E-state index in [9.17, 15) is 4.79 Å². The van der Waals surface area contributed by atoms with Crippen LogP contribution in [0.2, 0.25) is 0 Å². The SMILES string of the molecule is CC(C)Oc1cc(N2CCCN(C)CC2)ccc1NC=O. The highest BCUT2D eigenvalue weighted by Crippen LogP contribution is 2.31. The molecule has 1 N–H and O–H groups in total. The fraction of sp³-hybridized carbons (Fsp3) is 0.562. The molecule has 1 fully saturated rings. The minimum atomic E-state index is 0.0720. The monoisotopic (exact) mass is 291 g/mol. The Hall–Kier alpha value is -1.75. The lowest BCUT2D eigenvalue weighted by molar-refractivity contribution is -0.105. The topological polar surface area (TPSA) is 44.8 Å². The normalized spacial score (nSPS) is 16.7. The lowest BCUT2D eigenvalue weighted by Gasteiger charge is -2.24. The average molecular weight is 291 g/mol. The van der Waals surface area contributed by atoms with Crippen molar-refractivity contribution in [2.45, 2.75) is 26.4 Å². The number of carbonyl (C=O) groups is 1. The summed E-state index contributed by atoms with van der Waals surface area (Å²) in [6.07, 6.45) is 1.91. The standard InChI is InChI=1S/C16H25N3O2/c1-13(2)21-16-11-14(5-6-15(16)17-12-20)19-8-4-7-18(3)9-10-19/h5-6,11-13H,4,7-10H2,1-3H3,(H,17,20). The smallest absolute Gasteiger partial charge is 0.211 e. The third-order valence-corrected chi connectivity index (χ3v) is 3.63. The number of hydrogen-bond acceptors (Lipinski definition) is 4. The number of nitrogens with one attached hydrogen (secondary N) is 1. The summed E-state index contributed by atoms with van der Waals surface area (Å²) >= 11 is 0. The number of anilines is 2. The van der Waals surface area contributed by atoms with Crippen molar-refractivity contribution in [1.29, 1.82) is 0 Å². The molecule has 2 rings (SSSR count). The summed E-state index contributed by atoms with van der Waals surface area (Å²) < 4.78 is 5.82. The van der Waals surface area contributed by atoms with Gasteiger partial charge in [0.2, 0.25) is 6.41 Å². The highest BCUT2D eigenvalue weighted by atomic mass is 16.5. The maximum atomic E-state index is 10.7. The number of amides is 1. The van der Waals surface area contributed by atoms with Gasteiger partial charge in [0.25, 0.3) is 0 Å². The first-order valence-electron chi connectivity index (χ1n) is 7.54. The molecular weight excluding hydrogens is 266 g/mol. The summed E-state index contributed by atoms with van der Waals surface area (Å²) in [4.78, 5) is 15.4. The molecule has 1 aliphatic rings. The molecule has 1 aromatic carbocycles. The summed E-state index contributed by atoms with van der Waals surface area (Å²) in [6, 6.07) is 5.98. The van der Waals surface area contributed by atoms with Crippen molar-refractivity contribution < 1.29 is 9.53 Å². The van der Waals surface area contributed by atoms with Crippen LogP contribution in [0.25, 0.3) is 0 Å². The Kier molecular flexibility index (Phi) is 5.44. The zero-order chi connectivity index (χ0) is 15.2. The third kappa shape index (κ3) is 4.36. The van der Waals surface area contributed by atoms with E-state index in [1.165, 1.54) is 0 Å². The maximum absolute atomic E-state index is 10.7. The molecular formula is C16H25N3O2. The zero-order valence-corrected chi connectivity index (χ0v) is 13.1. The quantitative estimate of drug-likeness (QED) is 0.845. The predicted octanol–water partition coefficient (Wildman–Crippen LogP) is 2.18. The number of hydrogen-bond donors (Lipinski definition) is 1. The molecule has 21 heavy (non-hydrogen) atoms. The van der Waals surface area contributed by atoms with Crippen molar-refractivity contribution in [3.8, 4) is 5.75 Å². The van der Waals surface area contributed by atoms with E-state index < -0.39 is 0 Å². The van der Waals surface area contributed by atoms with Crippen molar-refractivity contribution in [2.75, 3.05) is 43.4 Å². The molecule has 5 heteroatoms. The van der Waals surface area contributed by atoms with E-state index >= 15 is 0 Å². The van der Waals surface area contributed by atoms with Gasteiger partial charge in [-0.1, -0.05) is 0 Å². The van der Waals surface area contributed by atoms with Crippen LogP contribution < -0.4 is 15.0 Å². The molecule has 0 unspecified atom stereocenters. The van der Waals surface area contributed by atoms with Crippen LogP contribution in [0, 0.1) is 0 Å². The van der Waals surface area contributed by atoms with E-state index in [1.54, 1.807) is 0 Å². The minimum absolute atomic E-state index is 0.0720. The molecule has 5 nitrogen and oxygen atoms in total. The summed E-state index contributed by atoms with van der Waals surface area (Å²) in [7, 11) is 2.16. The summed E-state index contributed by atoms with van der Waals surface area (Å²) in [5.41, 5.74) is 1.87. The zero-order valence-electron chi connectivity index (χ0n) is 13.1. The molecule has 0 aliphatic carbocycles. The van der Waals surface area contributed by atoms with Gasteiger partial charge in [-0.05, 0) is 46.0 Å². The molecule has 116 valence electrons. The molecule has 1 aliphatic heterocycles. The minimum Gasteiger partial charge on any atom is -0.489 e. The molecule has 0 saturated carbocycles. The van der Waals surface area contributed by atoms with Gasteiger partial charge in [-0.25, -0.2) is 0 Å². The number of carbonyl (C=O) groups excluding carboxylic acids is 1. The van der Waals surface area contributed by atoms with E-state index in [1.807, 2.05) is 32.0 Å². The van der Waals surface area contributed by atoms with E-state index in [2.05, 4.69) is 22.2 Å². The van der Waals surface area contributed by atoms with Crippen LogP contribution in [0.3, 0.4) is 0 Å². The van der Waals surface area contributed by atoms with Gasteiger partial charge in [0.15, 0.2) is 0 Å². The van der Waals surface area contributed by atoms with Gasteiger partial charge in [0.1, 0.15) is 5.75 Å². The van der Waals surface area contributed by atoms with E-state index in [0.717, 1.165) is 49.7 Å². The first kappa shape index (κ1) is 15.6. The molecule has 0 aromatic heterocycles. The van der Waals surface area contributed by atoms with Gasteiger partial charge in [0, 0.05) is 31.4 Å². The van der Waals surface area contributed by atoms with Crippen LogP contribution in [-0.2, 0) is 4.79 Å². The largest absolute Gasteiger partial charge is 0.489 e. The van der Waals surface area contributed by atoms with Crippen molar-refractivity contribution in [2.24, 2.45) is 0 Å². The fourth-order valence-corrected chi connectivity index (χ4v) is 2.55. The number of likely N-dealkylation sites (N-methyl/N-ethyl adjacent to an activating group) is 1. The highest BCUT2D eigenvalue weighted by Gasteiger charge is 2.15. The van der Waals surface area contributed by atoms with Gasteiger partial charge in [-0.2, -0.15) is 0 Å². The van der Waals surface area contributed by atoms with Crippen LogP contribution in [-0.4, -0.2) is 50.6 Å². The fourth-order valence-electron chi connectivity index (χ4n) is 2.55. The van der Waals surface area contributed by atoms with Gasteiger partial charge >= 0.3 is 0 Å². The predicted molar refractivity (Wildman–Crippen MR) is 86.2 cm³/mol. The number of benzene rings is 1. The van der Waals surface area contributed by atoms with Gasteiger partial charge < -0.3 is 19.9 Å². The van der Waals surface area contributed by atoms with Crippen LogP contribution in [0.1, 0.15) is 20.3 Å². The Labute approximate surface area is 126 Å². The van der Waals surface area contributed by atoms with E-state index in [0.29, 0.717) is 6.41 Å². The molecule has 1 amide bonds. The average Bonchev–Trinajstić information content (AvgIpc) is 2.65. The molecule has 1 saturated heterocycles. The Morgan fingerprint density at radius 2 is 2.05 bits per heavy atom.